The van der Waals surface area contributed by atoms with Gasteiger partial charge in [-0.25, -0.2) is 4.79 Å². The number of ether oxygens (including phenoxy) is 2. The SMILES string of the molecule is Nc1cccc(Cl)c1C(=O)OCC(=O)NC1CCOCC1. The number of nitrogen functional groups attached to an aromatic ring is 1. The number of halogens is 1. The molecule has 1 amide bonds. The maximum absolute atomic E-state index is 11.9. The smallest absolute Gasteiger partial charge is 0.342 e. The molecule has 7 heteroatoms. The third kappa shape index (κ3) is 4.34. The van der Waals surface area contributed by atoms with Gasteiger partial charge in [0.15, 0.2) is 6.61 Å². The Labute approximate surface area is 127 Å². The van der Waals surface area contributed by atoms with E-state index in [1.54, 1.807) is 12.1 Å². The maximum atomic E-state index is 11.9. The Morgan fingerprint density at radius 2 is 2.10 bits per heavy atom. The van der Waals surface area contributed by atoms with Crippen LogP contribution >= 0.6 is 11.6 Å². The first-order chi connectivity index (χ1) is 10.1. The zero-order chi connectivity index (χ0) is 15.2. The molecule has 1 saturated heterocycles. The summed E-state index contributed by atoms with van der Waals surface area (Å²) in [5, 5.41) is 2.99. The number of rotatable bonds is 4. The largest absolute Gasteiger partial charge is 0.452 e. The number of amides is 1. The summed E-state index contributed by atoms with van der Waals surface area (Å²) in [6.07, 6.45) is 1.52. The third-order valence-electron chi connectivity index (χ3n) is 3.17. The molecule has 0 atom stereocenters. The molecule has 21 heavy (non-hydrogen) atoms. The molecule has 114 valence electrons. The number of carbonyl (C=O) groups is 2. The van der Waals surface area contributed by atoms with Gasteiger partial charge in [-0.15, -0.1) is 0 Å². The molecule has 2 rings (SSSR count). The fraction of sp³-hybridized carbons (Fsp3) is 0.429. The molecule has 1 aliphatic rings. The third-order valence-corrected chi connectivity index (χ3v) is 3.49. The van der Waals surface area contributed by atoms with Gasteiger partial charge >= 0.3 is 5.97 Å². The van der Waals surface area contributed by atoms with Crippen LogP contribution in [0.2, 0.25) is 5.02 Å². The molecule has 1 fully saturated rings. The van der Waals surface area contributed by atoms with Crippen molar-refractivity contribution in [3.63, 3.8) is 0 Å². The van der Waals surface area contributed by atoms with Gasteiger partial charge in [-0.3, -0.25) is 4.79 Å². The lowest BCUT2D eigenvalue weighted by Gasteiger charge is -2.23. The van der Waals surface area contributed by atoms with Gasteiger partial charge in [0.05, 0.1) is 5.02 Å². The zero-order valence-electron chi connectivity index (χ0n) is 11.4. The summed E-state index contributed by atoms with van der Waals surface area (Å²) in [4.78, 5) is 23.6. The minimum Gasteiger partial charge on any atom is -0.452 e. The van der Waals surface area contributed by atoms with Crippen LogP contribution in [-0.4, -0.2) is 37.7 Å². The lowest BCUT2D eigenvalue weighted by atomic mass is 10.1. The van der Waals surface area contributed by atoms with Crippen LogP contribution in [0.3, 0.4) is 0 Å². The van der Waals surface area contributed by atoms with E-state index in [2.05, 4.69) is 5.32 Å². The van der Waals surface area contributed by atoms with Crippen LogP contribution in [0.25, 0.3) is 0 Å². The van der Waals surface area contributed by atoms with Crippen molar-refractivity contribution < 1.29 is 19.1 Å². The van der Waals surface area contributed by atoms with Gasteiger partial charge in [0.25, 0.3) is 5.91 Å². The molecular weight excluding hydrogens is 296 g/mol. The predicted octanol–water partition coefficient (Wildman–Crippen LogP) is 1.37. The van der Waals surface area contributed by atoms with Crippen LogP contribution in [0.15, 0.2) is 18.2 Å². The quantitative estimate of drug-likeness (QED) is 0.647. The number of hydrogen-bond acceptors (Lipinski definition) is 5. The lowest BCUT2D eigenvalue weighted by Crippen LogP contribution is -2.41. The van der Waals surface area contributed by atoms with Gasteiger partial charge in [0.1, 0.15) is 5.56 Å². The average molecular weight is 313 g/mol. The second-order valence-corrected chi connectivity index (χ2v) is 5.14. The molecule has 6 nitrogen and oxygen atoms in total. The Morgan fingerprint density at radius 3 is 2.76 bits per heavy atom. The van der Waals surface area contributed by atoms with Crippen LogP contribution in [0.5, 0.6) is 0 Å². The highest BCUT2D eigenvalue weighted by atomic mass is 35.5. The summed E-state index contributed by atoms with van der Waals surface area (Å²) in [7, 11) is 0. The highest BCUT2D eigenvalue weighted by molar-refractivity contribution is 6.34. The second kappa shape index (κ2) is 7.28. The molecule has 0 saturated carbocycles. The van der Waals surface area contributed by atoms with Gasteiger partial charge in [-0.2, -0.15) is 0 Å². The van der Waals surface area contributed by atoms with Gasteiger partial charge in [-0.1, -0.05) is 17.7 Å². The maximum Gasteiger partial charge on any atom is 0.342 e. The number of anilines is 1. The van der Waals surface area contributed by atoms with Crippen molar-refractivity contribution in [2.24, 2.45) is 0 Å². The van der Waals surface area contributed by atoms with E-state index in [0.717, 1.165) is 12.8 Å². The Hall–Kier alpha value is -1.79. The number of nitrogens with one attached hydrogen (secondary N) is 1. The Balaban J connectivity index is 1.84. The van der Waals surface area contributed by atoms with Gasteiger partial charge in [0.2, 0.25) is 0 Å². The first kappa shape index (κ1) is 15.6. The molecule has 0 bridgehead atoms. The van der Waals surface area contributed by atoms with E-state index in [-0.39, 0.29) is 34.8 Å². The summed E-state index contributed by atoms with van der Waals surface area (Å²) in [5.41, 5.74) is 5.98. The van der Waals surface area contributed by atoms with Crippen molar-refractivity contribution in [3.8, 4) is 0 Å². The molecule has 0 unspecified atom stereocenters. The monoisotopic (exact) mass is 312 g/mol. The van der Waals surface area contributed by atoms with E-state index in [9.17, 15) is 9.59 Å². The molecular formula is C14H17ClN2O4. The van der Waals surface area contributed by atoms with Crippen LogP contribution in [0.1, 0.15) is 23.2 Å². The average Bonchev–Trinajstić information content (AvgIpc) is 2.46. The highest BCUT2D eigenvalue weighted by Gasteiger charge is 2.19. The molecule has 3 N–H and O–H groups in total. The van der Waals surface area contributed by atoms with E-state index < -0.39 is 5.97 Å². The predicted molar refractivity (Wildman–Crippen MR) is 78.1 cm³/mol. The first-order valence-corrected chi connectivity index (χ1v) is 7.04. The summed E-state index contributed by atoms with van der Waals surface area (Å²) < 4.78 is 10.1. The van der Waals surface area contributed by atoms with E-state index in [1.165, 1.54) is 6.07 Å². The summed E-state index contributed by atoms with van der Waals surface area (Å²) in [6.45, 7) is 0.892. The Kier molecular flexibility index (Phi) is 5.41. The van der Waals surface area contributed by atoms with Crippen molar-refractivity contribution in [1.29, 1.82) is 0 Å². The normalized spacial score (nSPS) is 15.5. The summed E-state index contributed by atoms with van der Waals surface area (Å²) in [5.74, 6) is -1.05. The van der Waals surface area contributed by atoms with Crippen LogP contribution in [-0.2, 0) is 14.3 Å². The molecule has 0 aliphatic carbocycles. The van der Waals surface area contributed by atoms with Crippen LogP contribution in [0, 0.1) is 0 Å². The van der Waals surface area contributed by atoms with E-state index in [4.69, 9.17) is 26.8 Å². The van der Waals surface area contributed by atoms with Gasteiger partial charge < -0.3 is 20.5 Å². The minimum absolute atomic E-state index is 0.0651. The van der Waals surface area contributed by atoms with Crippen molar-refractivity contribution in [2.75, 3.05) is 25.6 Å². The molecule has 0 spiro atoms. The van der Waals surface area contributed by atoms with Gasteiger partial charge in [-0.05, 0) is 25.0 Å². The van der Waals surface area contributed by atoms with E-state index in [0.29, 0.717) is 13.2 Å². The highest BCUT2D eigenvalue weighted by Crippen LogP contribution is 2.22. The number of carbonyl (C=O) groups excluding carboxylic acids is 2. The molecule has 1 heterocycles. The van der Waals surface area contributed by atoms with Crippen molar-refractivity contribution >= 4 is 29.2 Å². The molecule has 0 aromatic heterocycles. The fourth-order valence-electron chi connectivity index (χ4n) is 2.07. The second-order valence-electron chi connectivity index (χ2n) is 4.73. The number of esters is 1. The Morgan fingerprint density at radius 1 is 1.38 bits per heavy atom. The van der Waals surface area contributed by atoms with Gasteiger partial charge in [0, 0.05) is 24.9 Å². The number of benzene rings is 1. The van der Waals surface area contributed by atoms with Crippen molar-refractivity contribution in [3.05, 3.63) is 28.8 Å². The van der Waals surface area contributed by atoms with Crippen molar-refractivity contribution in [2.45, 2.75) is 18.9 Å². The van der Waals surface area contributed by atoms with E-state index >= 15 is 0 Å². The number of nitrogens with two attached hydrogens (primary N) is 1. The Bertz CT molecular complexity index is 509. The van der Waals surface area contributed by atoms with Crippen molar-refractivity contribution in [1.82, 2.24) is 5.32 Å². The molecule has 1 aromatic rings. The standard InChI is InChI=1S/C14H17ClN2O4/c15-10-2-1-3-11(16)13(10)14(19)21-8-12(18)17-9-4-6-20-7-5-9/h1-3,9H,4-8,16H2,(H,17,18). The fourth-order valence-corrected chi connectivity index (χ4v) is 2.33. The molecule has 1 aromatic carbocycles. The van der Waals surface area contributed by atoms with Crippen LogP contribution < -0.4 is 11.1 Å². The first-order valence-electron chi connectivity index (χ1n) is 6.66. The zero-order valence-corrected chi connectivity index (χ0v) is 12.2. The van der Waals surface area contributed by atoms with E-state index in [1.807, 2.05) is 0 Å². The topological polar surface area (TPSA) is 90.7 Å². The number of hydrogen-bond donors (Lipinski definition) is 2. The minimum atomic E-state index is -0.708. The van der Waals surface area contributed by atoms with Crippen LogP contribution in [0.4, 0.5) is 5.69 Å². The molecule has 0 radical (unpaired) electrons. The molecule has 1 aliphatic heterocycles. The lowest BCUT2D eigenvalue weighted by molar-refractivity contribution is -0.125. The summed E-state index contributed by atoms with van der Waals surface area (Å²) in [6, 6.07) is 4.78. The summed E-state index contributed by atoms with van der Waals surface area (Å²) >= 11 is 5.90.